The topological polar surface area (TPSA) is 6.48 Å². The summed E-state index contributed by atoms with van der Waals surface area (Å²) in [5.41, 5.74) is 11.4. The van der Waals surface area contributed by atoms with Crippen LogP contribution in [0.1, 0.15) is 0 Å². The summed E-state index contributed by atoms with van der Waals surface area (Å²) in [4.78, 5) is 4.84. The largest absolute Gasteiger partial charge is 0.310 e. The van der Waals surface area contributed by atoms with Gasteiger partial charge in [-0.3, -0.25) is 0 Å². The van der Waals surface area contributed by atoms with Gasteiger partial charge in [-0.05, 0) is 117 Å². The SMILES string of the molecule is c1ccc(-c2ccc(N(c3ccccc3)c3cc(N(c4ccccc4)c4ccc(-c5cccc6ccccc56)cc4)c4c(c3)sc3cc5ccccc5cc34)cc2)cc1. The van der Waals surface area contributed by atoms with E-state index in [0.717, 1.165) is 34.1 Å². The summed E-state index contributed by atoms with van der Waals surface area (Å²) in [6, 6.07) is 83.7. The van der Waals surface area contributed by atoms with Gasteiger partial charge in [-0.15, -0.1) is 11.3 Å². The zero-order chi connectivity index (χ0) is 39.1. The van der Waals surface area contributed by atoms with E-state index in [2.05, 4.69) is 240 Å². The summed E-state index contributed by atoms with van der Waals surface area (Å²) >= 11 is 1.87. The Hall–Kier alpha value is -7.46. The molecule has 2 nitrogen and oxygen atoms in total. The highest BCUT2D eigenvalue weighted by Crippen LogP contribution is 2.50. The zero-order valence-electron chi connectivity index (χ0n) is 32.2. The standard InChI is InChI=1S/C56H38N2S/c1-4-15-39(16-5-1)40-27-31-47(32-28-40)57(45-21-6-2-7-22-45)49-37-53(56-52-35-43-18-10-11-19-44(43)36-54(52)59-55(56)38-49)58(46-23-8-3-9-24-46)48-33-29-42(30-34-48)51-26-14-20-41-17-12-13-25-50(41)51/h1-38H. The van der Waals surface area contributed by atoms with Gasteiger partial charge in [0.15, 0.2) is 0 Å². The van der Waals surface area contributed by atoms with Crippen molar-refractivity contribution in [1.82, 2.24) is 0 Å². The van der Waals surface area contributed by atoms with Crippen molar-refractivity contribution in [3.05, 3.63) is 231 Å². The number of benzene rings is 10. The molecule has 0 saturated carbocycles. The van der Waals surface area contributed by atoms with Crippen molar-refractivity contribution in [3.8, 4) is 22.3 Å². The minimum absolute atomic E-state index is 1.09. The third-order valence-electron chi connectivity index (χ3n) is 11.4. The van der Waals surface area contributed by atoms with E-state index in [-0.39, 0.29) is 0 Å². The van der Waals surface area contributed by atoms with Crippen LogP contribution in [-0.4, -0.2) is 0 Å². The average molecular weight is 771 g/mol. The lowest BCUT2D eigenvalue weighted by molar-refractivity contribution is 1.26. The van der Waals surface area contributed by atoms with Crippen LogP contribution in [-0.2, 0) is 0 Å². The molecule has 0 radical (unpaired) electrons. The Labute approximate surface area is 348 Å². The number of para-hydroxylation sites is 2. The molecular weight excluding hydrogens is 733 g/mol. The van der Waals surface area contributed by atoms with Gasteiger partial charge in [0.05, 0.1) is 5.69 Å². The van der Waals surface area contributed by atoms with Crippen molar-refractivity contribution in [2.45, 2.75) is 0 Å². The predicted molar refractivity (Wildman–Crippen MR) is 255 cm³/mol. The Morgan fingerprint density at radius 2 is 0.797 bits per heavy atom. The van der Waals surface area contributed by atoms with E-state index in [4.69, 9.17) is 0 Å². The third kappa shape index (κ3) is 6.39. The lowest BCUT2D eigenvalue weighted by Gasteiger charge is -2.30. The van der Waals surface area contributed by atoms with Crippen molar-refractivity contribution in [1.29, 1.82) is 0 Å². The van der Waals surface area contributed by atoms with Gasteiger partial charge < -0.3 is 9.80 Å². The molecule has 10 aromatic carbocycles. The molecule has 1 aromatic heterocycles. The van der Waals surface area contributed by atoms with E-state index in [9.17, 15) is 0 Å². The van der Waals surface area contributed by atoms with Gasteiger partial charge >= 0.3 is 0 Å². The normalized spacial score (nSPS) is 11.4. The van der Waals surface area contributed by atoms with E-state index < -0.39 is 0 Å². The molecule has 0 spiro atoms. The quantitative estimate of drug-likeness (QED) is 0.152. The molecule has 0 amide bonds. The van der Waals surface area contributed by atoms with Crippen LogP contribution in [0.4, 0.5) is 34.1 Å². The molecular formula is C56H38N2S. The van der Waals surface area contributed by atoms with E-state index in [1.165, 1.54) is 64.0 Å². The van der Waals surface area contributed by atoms with E-state index in [1.54, 1.807) is 0 Å². The Morgan fingerprint density at radius 1 is 0.288 bits per heavy atom. The summed E-state index contributed by atoms with van der Waals surface area (Å²) < 4.78 is 2.51. The highest BCUT2D eigenvalue weighted by Gasteiger charge is 2.23. The molecule has 11 aromatic rings. The molecule has 0 aliphatic rings. The van der Waals surface area contributed by atoms with E-state index in [1.807, 2.05) is 11.3 Å². The second-order valence-electron chi connectivity index (χ2n) is 15.0. The summed E-state index contributed by atoms with van der Waals surface area (Å²) in [5, 5.41) is 7.50. The highest BCUT2D eigenvalue weighted by atomic mass is 32.1. The molecule has 0 aliphatic carbocycles. The Balaban J connectivity index is 1.15. The van der Waals surface area contributed by atoms with Crippen molar-refractivity contribution in [2.24, 2.45) is 0 Å². The molecule has 0 atom stereocenters. The molecule has 0 aliphatic heterocycles. The first-order chi connectivity index (χ1) is 29.2. The summed E-state index contributed by atoms with van der Waals surface area (Å²) in [6.45, 7) is 0. The number of fused-ring (bicyclic) bond motifs is 5. The van der Waals surface area contributed by atoms with Gasteiger partial charge in [-0.2, -0.15) is 0 Å². The molecule has 0 N–H and O–H groups in total. The second kappa shape index (κ2) is 14.8. The summed E-state index contributed by atoms with van der Waals surface area (Å²) in [6.07, 6.45) is 0. The van der Waals surface area contributed by atoms with Crippen LogP contribution in [0, 0.1) is 0 Å². The molecule has 278 valence electrons. The molecule has 0 unspecified atom stereocenters. The first-order valence-electron chi connectivity index (χ1n) is 20.1. The Morgan fingerprint density at radius 3 is 1.49 bits per heavy atom. The maximum Gasteiger partial charge on any atom is 0.0575 e. The van der Waals surface area contributed by atoms with Crippen LogP contribution in [0.2, 0.25) is 0 Å². The molecule has 1 heterocycles. The molecule has 59 heavy (non-hydrogen) atoms. The lowest BCUT2D eigenvalue weighted by atomic mass is 9.98. The number of hydrogen-bond donors (Lipinski definition) is 0. The number of thiophene rings is 1. The fourth-order valence-corrected chi connectivity index (χ4v) is 9.78. The van der Waals surface area contributed by atoms with Crippen LogP contribution in [0.5, 0.6) is 0 Å². The van der Waals surface area contributed by atoms with Gasteiger partial charge in [0.25, 0.3) is 0 Å². The molecule has 11 rings (SSSR count). The van der Waals surface area contributed by atoms with Gasteiger partial charge in [-0.1, -0.05) is 158 Å². The first kappa shape index (κ1) is 34.8. The minimum atomic E-state index is 1.09. The number of nitrogens with zero attached hydrogens (tertiary/aromatic N) is 2. The predicted octanol–water partition coefficient (Wildman–Crippen LogP) is 16.6. The zero-order valence-corrected chi connectivity index (χ0v) is 33.1. The molecule has 0 bridgehead atoms. The second-order valence-corrected chi connectivity index (χ2v) is 16.0. The van der Waals surface area contributed by atoms with Crippen molar-refractivity contribution >= 4 is 87.2 Å². The Bertz CT molecular complexity index is 3240. The summed E-state index contributed by atoms with van der Waals surface area (Å²) in [5.74, 6) is 0. The van der Waals surface area contributed by atoms with E-state index in [0.29, 0.717) is 0 Å². The van der Waals surface area contributed by atoms with Crippen molar-refractivity contribution in [3.63, 3.8) is 0 Å². The van der Waals surface area contributed by atoms with Gasteiger partial charge in [0.1, 0.15) is 0 Å². The third-order valence-corrected chi connectivity index (χ3v) is 12.5. The number of hydrogen-bond acceptors (Lipinski definition) is 3. The van der Waals surface area contributed by atoms with Crippen molar-refractivity contribution in [2.75, 3.05) is 9.80 Å². The van der Waals surface area contributed by atoms with Crippen LogP contribution in [0.25, 0.3) is 64.0 Å². The van der Waals surface area contributed by atoms with Crippen LogP contribution < -0.4 is 9.80 Å². The fourth-order valence-electron chi connectivity index (χ4n) is 8.59. The number of rotatable bonds is 8. The average Bonchev–Trinajstić information content (AvgIpc) is 3.67. The minimum Gasteiger partial charge on any atom is -0.310 e. The number of anilines is 6. The maximum atomic E-state index is 2.45. The fraction of sp³-hybridized carbons (Fsp3) is 0. The first-order valence-corrected chi connectivity index (χ1v) is 20.9. The van der Waals surface area contributed by atoms with Gasteiger partial charge in [0, 0.05) is 48.6 Å². The smallest absolute Gasteiger partial charge is 0.0575 e. The van der Waals surface area contributed by atoms with Crippen LogP contribution in [0.15, 0.2) is 231 Å². The maximum absolute atomic E-state index is 2.45. The van der Waals surface area contributed by atoms with Crippen LogP contribution >= 0.6 is 11.3 Å². The summed E-state index contributed by atoms with van der Waals surface area (Å²) in [7, 11) is 0. The molecule has 0 saturated heterocycles. The van der Waals surface area contributed by atoms with Crippen molar-refractivity contribution < 1.29 is 0 Å². The lowest BCUT2D eigenvalue weighted by Crippen LogP contribution is -2.13. The highest BCUT2D eigenvalue weighted by molar-refractivity contribution is 7.26. The molecule has 3 heteroatoms. The monoisotopic (exact) mass is 770 g/mol. The van der Waals surface area contributed by atoms with Gasteiger partial charge in [0.2, 0.25) is 0 Å². The molecule has 0 fully saturated rings. The van der Waals surface area contributed by atoms with Gasteiger partial charge in [-0.25, -0.2) is 0 Å². The van der Waals surface area contributed by atoms with E-state index >= 15 is 0 Å². The Kier molecular flexibility index (Phi) is 8.72. The van der Waals surface area contributed by atoms with Crippen LogP contribution in [0.3, 0.4) is 0 Å².